The number of hydrogen-bond donors (Lipinski definition) is 0. The molecule has 0 atom stereocenters. The molecule has 0 rings (SSSR count). The maximum absolute atomic E-state index is 2.46. The van der Waals surface area contributed by atoms with Gasteiger partial charge in [0, 0.05) is 0 Å². The monoisotopic (exact) mass is 282 g/mol. The summed E-state index contributed by atoms with van der Waals surface area (Å²) in [6.45, 7) is 9.46. The highest BCUT2D eigenvalue weighted by atomic mass is 14.2. The molecule has 0 aromatic heterocycles. The van der Waals surface area contributed by atoms with Gasteiger partial charge < -0.3 is 0 Å². The first-order chi connectivity index (χ1) is 9.68. The highest BCUT2D eigenvalue weighted by Crippen LogP contribution is 2.31. The van der Waals surface area contributed by atoms with Crippen molar-refractivity contribution in [2.75, 3.05) is 0 Å². The van der Waals surface area contributed by atoms with Crippen molar-refractivity contribution in [2.45, 2.75) is 124 Å². The van der Waals surface area contributed by atoms with Crippen LogP contribution in [-0.4, -0.2) is 0 Å². The predicted molar refractivity (Wildman–Crippen MR) is 94.4 cm³/mol. The minimum absolute atomic E-state index is 0.624. The van der Waals surface area contributed by atoms with Crippen molar-refractivity contribution in [1.29, 1.82) is 0 Å². The number of unbranched alkanes of at least 4 members (excludes halogenated alkanes) is 11. The molecular formula is C20H42. The van der Waals surface area contributed by atoms with Gasteiger partial charge >= 0.3 is 0 Å². The summed E-state index contributed by atoms with van der Waals surface area (Å²) >= 11 is 0. The van der Waals surface area contributed by atoms with E-state index in [0.717, 1.165) is 0 Å². The van der Waals surface area contributed by atoms with Gasteiger partial charge in [-0.3, -0.25) is 0 Å². The molecule has 0 N–H and O–H groups in total. The van der Waals surface area contributed by atoms with Crippen LogP contribution in [0.25, 0.3) is 0 Å². The van der Waals surface area contributed by atoms with Crippen LogP contribution in [0.3, 0.4) is 0 Å². The van der Waals surface area contributed by atoms with E-state index in [2.05, 4.69) is 27.7 Å². The quantitative estimate of drug-likeness (QED) is 0.268. The normalized spacial score (nSPS) is 12.0. The van der Waals surface area contributed by atoms with E-state index in [1.807, 2.05) is 0 Å². The van der Waals surface area contributed by atoms with Crippen LogP contribution in [0.1, 0.15) is 124 Å². The molecule has 0 aliphatic heterocycles. The zero-order valence-electron chi connectivity index (χ0n) is 15.1. The lowest BCUT2D eigenvalue weighted by Gasteiger charge is -2.26. The van der Waals surface area contributed by atoms with Crippen molar-refractivity contribution in [2.24, 2.45) is 5.41 Å². The van der Waals surface area contributed by atoms with E-state index in [1.54, 1.807) is 0 Å². The van der Waals surface area contributed by atoms with Gasteiger partial charge in [-0.15, -0.1) is 0 Å². The Morgan fingerprint density at radius 1 is 0.500 bits per heavy atom. The van der Waals surface area contributed by atoms with E-state index in [-0.39, 0.29) is 0 Å². The third kappa shape index (κ3) is 11.8. The Kier molecular flexibility index (Phi) is 14.0. The molecule has 0 saturated heterocycles. The predicted octanol–water partition coefficient (Wildman–Crippen LogP) is 7.90. The van der Waals surface area contributed by atoms with Crippen molar-refractivity contribution in [3.63, 3.8) is 0 Å². The van der Waals surface area contributed by atoms with E-state index >= 15 is 0 Å². The first kappa shape index (κ1) is 20.0. The summed E-state index contributed by atoms with van der Waals surface area (Å²) in [5.74, 6) is 0. The Morgan fingerprint density at radius 2 is 0.850 bits per heavy atom. The van der Waals surface area contributed by atoms with E-state index in [4.69, 9.17) is 0 Å². The van der Waals surface area contributed by atoms with Gasteiger partial charge in [0.15, 0.2) is 0 Å². The summed E-state index contributed by atoms with van der Waals surface area (Å²) in [4.78, 5) is 0. The minimum Gasteiger partial charge on any atom is -0.0654 e. The lowest BCUT2D eigenvalue weighted by Crippen LogP contribution is -2.13. The topological polar surface area (TPSA) is 0 Å². The molecule has 0 aromatic rings. The molecule has 122 valence electrons. The Morgan fingerprint density at radius 3 is 1.20 bits per heavy atom. The Balaban J connectivity index is 3.17. The molecular weight excluding hydrogens is 240 g/mol. The van der Waals surface area contributed by atoms with Crippen LogP contribution >= 0.6 is 0 Å². The average molecular weight is 283 g/mol. The molecule has 0 saturated carbocycles. The maximum Gasteiger partial charge on any atom is -0.0331 e. The molecule has 0 spiro atoms. The van der Waals surface area contributed by atoms with Gasteiger partial charge in [0.1, 0.15) is 0 Å². The molecule has 0 bridgehead atoms. The summed E-state index contributed by atoms with van der Waals surface area (Å²) < 4.78 is 0. The summed E-state index contributed by atoms with van der Waals surface area (Å²) in [6.07, 6.45) is 21.7. The molecule has 20 heavy (non-hydrogen) atoms. The van der Waals surface area contributed by atoms with Crippen LogP contribution in [0.5, 0.6) is 0 Å². The Labute approximate surface area is 130 Å². The third-order valence-corrected chi connectivity index (χ3v) is 5.34. The zero-order valence-corrected chi connectivity index (χ0v) is 15.1. The van der Waals surface area contributed by atoms with Crippen LogP contribution < -0.4 is 0 Å². The second kappa shape index (κ2) is 14.0. The van der Waals surface area contributed by atoms with E-state index in [9.17, 15) is 0 Å². The molecule has 0 heteroatoms. The summed E-state index contributed by atoms with van der Waals surface area (Å²) in [6, 6.07) is 0. The van der Waals surface area contributed by atoms with E-state index in [1.165, 1.54) is 96.3 Å². The first-order valence-electron chi connectivity index (χ1n) is 9.68. The Bertz CT molecular complexity index is 178. The van der Waals surface area contributed by atoms with Crippen molar-refractivity contribution in [3.8, 4) is 0 Å². The van der Waals surface area contributed by atoms with Gasteiger partial charge in [0.25, 0.3) is 0 Å². The van der Waals surface area contributed by atoms with Crippen LogP contribution in [0, 0.1) is 5.41 Å². The SMILES string of the molecule is CCCCCCCCCCCCCCC(C)(CC)CC. The van der Waals surface area contributed by atoms with Gasteiger partial charge in [-0.2, -0.15) is 0 Å². The largest absolute Gasteiger partial charge is 0.0654 e. The first-order valence-corrected chi connectivity index (χ1v) is 9.68. The molecule has 0 aliphatic rings. The summed E-state index contributed by atoms with van der Waals surface area (Å²) in [5, 5.41) is 0. The van der Waals surface area contributed by atoms with Crippen LogP contribution in [-0.2, 0) is 0 Å². The standard InChI is InChI=1S/C20H42/c1-5-8-9-10-11-12-13-14-15-16-17-18-19-20(4,6-2)7-3/h5-19H2,1-4H3. The fourth-order valence-electron chi connectivity index (χ4n) is 3.00. The van der Waals surface area contributed by atoms with Gasteiger partial charge in [0.05, 0.1) is 0 Å². The Hall–Kier alpha value is 0. The second-order valence-electron chi connectivity index (χ2n) is 7.16. The van der Waals surface area contributed by atoms with E-state index in [0.29, 0.717) is 5.41 Å². The third-order valence-electron chi connectivity index (χ3n) is 5.34. The van der Waals surface area contributed by atoms with Crippen LogP contribution in [0.2, 0.25) is 0 Å². The highest BCUT2D eigenvalue weighted by molar-refractivity contribution is 4.70. The zero-order chi connectivity index (χ0) is 15.1. The second-order valence-corrected chi connectivity index (χ2v) is 7.16. The molecule has 0 amide bonds. The lowest BCUT2D eigenvalue weighted by molar-refractivity contribution is 0.261. The smallest absolute Gasteiger partial charge is 0.0331 e. The molecule has 0 aromatic carbocycles. The van der Waals surface area contributed by atoms with E-state index < -0.39 is 0 Å². The van der Waals surface area contributed by atoms with Crippen LogP contribution in [0.4, 0.5) is 0 Å². The summed E-state index contributed by atoms with van der Waals surface area (Å²) in [7, 11) is 0. The molecule has 0 heterocycles. The van der Waals surface area contributed by atoms with Crippen LogP contribution in [0.15, 0.2) is 0 Å². The average Bonchev–Trinajstić information content (AvgIpc) is 2.48. The lowest BCUT2D eigenvalue weighted by atomic mass is 9.80. The van der Waals surface area contributed by atoms with Crippen molar-refractivity contribution in [3.05, 3.63) is 0 Å². The fourth-order valence-corrected chi connectivity index (χ4v) is 3.00. The highest BCUT2D eigenvalue weighted by Gasteiger charge is 2.18. The van der Waals surface area contributed by atoms with Gasteiger partial charge in [-0.25, -0.2) is 0 Å². The summed E-state index contributed by atoms with van der Waals surface area (Å²) in [5.41, 5.74) is 0.624. The van der Waals surface area contributed by atoms with Gasteiger partial charge in [-0.1, -0.05) is 118 Å². The molecule has 0 aliphatic carbocycles. The van der Waals surface area contributed by atoms with Gasteiger partial charge in [0.2, 0.25) is 0 Å². The molecule has 0 radical (unpaired) electrons. The molecule has 0 nitrogen and oxygen atoms in total. The minimum atomic E-state index is 0.624. The number of hydrogen-bond acceptors (Lipinski definition) is 0. The molecule has 0 fully saturated rings. The van der Waals surface area contributed by atoms with Crippen molar-refractivity contribution in [1.82, 2.24) is 0 Å². The maximum atomic E-state index is 2.46. The van der Waals surface area contributed by atoms with Gasteiger partial charge in [-0.05, 0) is 11.8 Å². The van der Waals surface area contributed by atoms with Crippen molar-refractivity contribution >= 4 is 0 Å². The fraction of sp³-hybridized carbons (Fsp3) is 1.00. The molecule has 0 unspecified atom stereocenters. The van der Waals surface area contributed by atoms with Crippen molar-refractivity contribution < 1.29 is 0 Å². The number of rotatable bonds is 15.